The highest BCUT2D eigenvalue weighted by molar-refractivity contribution is 5.39. The zero-order valence-electron chi connectivity index (χ0n) is 12.6. The van der Waals surface area contributed by atoms with Crippen molar-refractivity contribution in [1.82, 2.24) is 10.1 Å². The van der Waals surface area contributed by atoms with Gasteiger partial charge in [0, 0.05) is 0 Å². The average molecular weight is 314 g/mol. The van der Waals surface area contributed by atoms with Gasteiger partial charge in [0.25, 0.3) is 0 Å². The van der Waals surface area contributed by atoms with Gasteiger partial charge in [0.15, 0.2) is 5.82 Å². The van der Waals surface area contributed by atoms with Crippen LogP contribution in [0.2, 0.25) is 0 Å². The predicted molar refractivity (Wildman–Crippen MR) is 73.7 cm³/mol. The number of halogens is 3. The number of hydrogen-bond acceptors (Lipinski definition) is 4. The largest absolute Gasteiger partial charge is 0.492 e. The van der Waals surface area contributed by atoms with E-state index in [0.29, 0.717) is 6.42 Å². The van der Waals surface area contributed by atoms with Crippen LogP contribution < -0.4 is 4.74 Å². The van der Waals surface area contributed by atoms with Gasteiger partial charge in [-0.25, -0.2) is 0 Å². The number of aromatic nitrogens is 2. The number of para-hydroxylation sites is 1. The topological polar surface area (TPSA) is 48.2 Å². The summed E-state index contributed by atoms with van der Waals surface area (Å²) in [5, 5.41) is 3.42. The molecule has 0 aliphatic rings. The summed E-state index contributed by atoms with van der Waals surface area (Å²) in [6.45, 7) is 5.86. The predicted octanol–water partition coefficient (Wildman–Crippen LogP) is 4.28. The van der Waals surface area contributed by atoms with Crippen LogP contribution in [0.1, 0.15) is 42.1 Å². The minimum atomic E-state index is -4.63. The molecule has 2 aromatic rings. The van der Waals surface area contributed by atoms with Crippen LogP contribution in [-0.4, -0.2) is 16.7 Å². The van der Waals surface area contributed by atoms with Crippen molar-refractivity contribution in [2.24, 2.45) is 0 Å². The molecule has 0 spiro atoms. The summed E-state index contributed by atoms with van der Waals surface area (Å²) in [6.07, 6.45) is -4.08. The van der Waals surface area contributed by atoms with Crippen LogP contribution in [-0.2, 0) is 6.18 Å². The van der Waals surface area contributed by atoms with Gasteiger partial charge in [0.1, 0.15) is 5.75 Å². The third kappa shape index (κ3) is 3.58. The highest BCUT2D eigenvalue weighted by Gasteiger charge is 2.39. The van der Waals surface area contributed by atoms with Crippen LogP contribution in [0.4, 0.5) is 13.2 Å². The van der Waals surface area contributed by atoms with Gasteiger partial charge in [-0.05, 0) is 31.4 Å². The monoisotopic (exact) mass is 314 g/mol. The second kappa shape index (κ2) is 6.37. The molecule has 0 saturated carbocycles. The molecule has 0 radical (unpaired) electrons. The lowest BCUT2D eigenvalue weighted by Crippen LogP contribution is -2.13. The van der Waals surface area contributed by atoms with Gasteiger partial charge < -0.3 is 9.26 Å². The number of ether oxygens (including phenoxy) is 1. The molecular weight excluding hydrogens is 297 g/mol. The molecule has 22 heavy (non-hydrogen) atoms. The zero-order valence-corrected chi connectivity index (χ0v) is 12.6. The molecule has 0 bridgehead atoms. The first-order valence-electron chi connectivity index (χ1n) is 6.92. The Labute approximate surface area is 126 Å². The van der Waals surface area contributed by atoms with E-state index >= 15 is 0 Å². The van der Waals surface area contributed by atoms with E-state index in [9.17, 15) is 13.2 Å². The minimum Gasteiger partial charge on any atom is -0.492 e. The number of rotatable bonds is 5. The molecular formula is C15H17F3N2O2. The molecule has 1 atom stereocenters. The molecule has 0 N–H and O–H groups in total. The first kappa shape index (κ1) is 16.3. The van der Waals surface area contributed by atoms with Crippen LogP contribution in [0.25, 0.3) is 0 Å². The minimum absolute atomic E-state index is 0.0149. The van der Waals surface area contributed by atoms with E-state index in [1.54, 1.807) is 0 Å². The van der Waals surface area contributed by atoms with E-state index in [1.807, 2.05) is 39.0 Å². The fourth-order valence-corrected chi connectivity index (χ4v) is 2.10. The standard InChI is InChI=1S/C15H17F3N2O2/c1-4-11(13-19-14(22-20-13)15(16,17)18)8-21-12-9(2)6-5-7-10(12)3/h5-7,11H,4,8H2,1-3H3. The Morgan fingerprint density at radius 2 is 1.86 bits per heavy atom. The average Bonchev–Trinajstić information content (AvgIpc) is 2.92. The molecule has 1 aromatic heterocycles. The Bertz CT molecular complexity index is 618. The van der Waals surface area contributed by atoms with Gasteiger partial charge in [-0.15, -0.1) is 0 Å². The summed E-state index contributed by atoms with van der Waals surface area (Å²) < 4.78 is 47.5. The summed E-state index contributed by atoms with van der Waals surface area (Å²) in [7, 11) is 0. The molecule has 1 aromatic carbocycles. The highest BCUT2D eigenvalue weighted by atomic mass is 19.4. The normalized spacial score (nSPS) is 13.2. The van der Waals surface area contributed by atoms with Crippen molar-refractivity contribution < 1.29 is 22.4 Å². The van der Waals surface area contributed by atoms with Gasteiger partial charge in [0.05, 0.1) is 12.5 Å². The molecule has 0 saturated heterocycles. The van der Waals surface area contributed by atoms with Crippen molar-refractivity contribution in [1.29, 1.82) is 0 Å². The molecule has 0 aliphatic carbocycles. The first-order valence-corrected chi connectivity index (χ1v) is 6.92. The number of alkyl halides is 3. The molecule has 0 amide bonds. The Morgan fingerprint density at radius 1 is 1.23 bits per heavy atom. The van der Waals surface area contributed by atoms with Crippen molar-refractivity contribution in [2.45, 2.75) is 39.3 Å². The van der Waals surface area contributed by atoms with Crippen LogP contribution in [0, 0.1) is 13.8 Å². The zero-order chi connectivity index (χ0) is 16.3. The summed E-state index contributed by atoms with van der Waals surface area (Å²) in [4.78, 5) is 3.43. The second-order valence-electron chi connectivity index (χ2n) is 5.09. The van der Waals surface area contributed by atoms with E-state index < -0.39 is 12.1 Å². The van der Waals surface area contributed by atoms with Crippen molar-refractivity contribution in [3.05, 3.63) is 41.0 Å². The maximum atomic E-state index is 12.5. The van der Waals surface area contributed by atoms with E-state index in [1.165, 1.54) is 0 Å². The molecule has 2 rings (SSSR count). The molecule has 1 unspecified atom stereocenters. The number of aryl methyl sites for hydroxylation is 2. The number of benzene rings is 1. The number of hydrogen-bond donors (Lipinski definition) is 0. The Hall–Kier alpha value is -2.05. The fourth-order valence-electron chi connectivity index (χ4n) is 2.10. The first-order chi connectivity index (χ1) is 10.3. The van der Waals surface area contributed by atoms with Crippen molar-refractivity contribution >= 4 is 0 Å². The Morgan fingerprint density at radius 3 is 2.36 bits per heavy atom. The highest BCUT2D eigenvalue weighted by Crippen LogP contribution is 2.30. The lowest BCUT2D eigenvalue weighted by Gasteiger charge is -2.15. The van der Waals surface area contributed by atoms with Crippen LogP contribution >= 0.6 is 0 Å². The summed E-state index contributed by atoms with van der Waals surface area (Å²) in [5.41, 5.74) is 1.94. The van der Waals surface area contributed by atoms with Gasteiger partial charge in [-0.1, -0.05) is 30.3 Å². The van der Waals surface area contributed by atoms with Crippen molar-refractivity contribution in [3.63, 3.8) is 0 Å². The van der Waals surface area contributed by atoms with Gasteiger partial charge in [-0.2, -0.15) is 18.2 Å². The van der Waals surface area contributed by atoms with Crippen molar-refractivity contribution in [3.8, 4) is 5.75 Å². The smallest absolute Gasteiger partial charge is 0.471 e. The maximum Gasteiger partial charge on any atom is 0.471 e. The molecule has 7 heteroatoms. The fraction of sp³-hybridized carbons (Fsp3) is 0.467. The molecule has 4 nitrogen and oxygen atoms in total. The Balaban J connectivity index is 2.11. The summed E-state index contributed by atoms with van der Waals surface area (Å²) in [6, 6.07) is 5.75. The lowest BCUT2D eigenvalue weighted by molar-refractivity contribution is -0.159. The second-order valence-corrected chi connectivity index (χ2v) is 5.09. The number of nitrogens with zero attached hydrogens (tertiary/aromatic N) is 2. The lowest BCUT2D eigenvalue weighted by atomic mass is 10.1. The maximum absolute atomic E-state index is 12.5. The van der Waals surface area contributed by atoms with Crippen LogP contribution in [0.15, 0.2) is 22.7 Å². The molecule has 1 heterocycles. The van der Waals surface area contributed by atoms with Gasteiger partial charge >= 0.3 is 12.1 Å². The van der Waals surface area contributed by atoms with Crippen molar-refractivity contribution in [2.75, 3.05) is 6.61 Å². The van der Waals surface area contributed by atoms with E-state index in [0.717, 1.165) is 16.9 Å². The molecule has 0 aliphatic heterocycles. The van der Waals surface area contributed by atoms with E-state index in [4.69, 9.17) is 4.74 Å². The third-order valence-electron chi connectivity index (χ3n) is 3.38. The van der Waals surface area contributed by atoms with Crippen LogP contribution in [0.5, 0.6) is 5.75 Å². The Kier molecular flexibility index (Phi) is 4.73. The SMILES string of the molecule is CCC(COc1c(C)cccc1C)c1noc(C(F)(F)F)n1. The summed E-state index contributed by atoms with van der Waals surface area (Å²) >= 11 is 0. The van der Waals surface area contributed by atoms with Gasteiger partial charge in [-0.3, -0.25) is 0 Å². The van der Waals surface area contributed by atoms with Gasteiger partial charge in [0.2, 0.25) is 0 Å². The van der Waals surface area contributed by atoms with E-state index in [-0.39, 0.29) is 18.3 Å². The van der Waals surface area contributed by atoms with Crippen LogP contribution in [0.3, 0.4) is 0 Å². The third-order valence-corrected chi connectivity index (χ3v) is 3.38. The quantitative estimate of drug-likeness (QED) is 0.826. The van der Waals surface area contributed by atoms with E-state index in [2.05, 4.69) is 14.7 Å². The molecule has 120 valence electrons. The summed E-state index contributed by atoms with van der Waals surface area (Å²) in [5.74, 6) is -0.937. The molecule has 0 fully saturated rings.